The van der Waals surface area contributed by atoms with Gasteiger partial charge in [-0.2, -0.15) is 0 Å². The fourth-order valence-electron chi connectivity index (χ4n) is 5.91. The van der Waals surface area contributed by atoms with Crippen molar-refractivity contribution in [3.05, 3.63) is 78.6 Å². The van der Waals surface area contributed by atoms with Crippen LogP contribution in [0.15, 0.2) is 72.9 Å². The lowest BCUT2D eigenvalue weighted by atomic mass is 10.1. The molecule has 0 amide bonds. The highest BCUT2D eigenvalue weighted by Gasteiger charge is 2.20. The summed E-state index contributed by atoms with van der Waals surface area (Å²) in [5.74, 6) is 0. The molecule has 0 atom stereocenters. The molecule has 2 aromatic heterocycles. The van der Waals surface area contributed by atoms with Crippen molar-refractivity contribution in [2.75, 3.05) is 63.9 Å². The Morgan fingerprint density at radius 1 is 0.816 bits per heavy atom. The van der Waals surface area contributed by atoms with Crippen molar-refractivity contribution >= 4 is 16.6 Å². The van der Waals surface area contributed by atoms with Crippen LogP contribution in [-0.2, 0) is 11.2 Å². The Morgan fingerprint density at radius 2 is 1.55 bits per heavy atom. The summed E-state index contributed by atoms with van der Waals surface area (Å²) in [5.41, 5.74) is 7.27. The average Bonchev–Trinajstić information content (AvgIpc) is 3.36. The molecule has 0 radical (unpaired) electrons. The smallest absolute Gasteiger partial charge is 0.0796 e. The summed E-state index contributed by atoms with van der Waals surface area (Å²) in [6, 6.07) is 24.9. The van der Waals surface area contributed by atoms with E-state index in [-0.39, 0.29) is 0 Å². The minimum Gasteiger partial charge on any atom is -0.379 e. The van der Waals surface area contributed by atoms with Gasteiger partial charge in [0.2, 0.25) is 0 Å². The van der Waals surface area contributed by atoms with Crippen LogP contribution >= 0.6 is 0 Å². The van der Waals surface area contributed by atoms with Gasteiger partial charge in [0.05, 0.1) is 24.4 Å². The van der Waals surface area contributed by atoms with E-state index in [1.165, 1.54) is 33.5 Å². The molecule has 0 aliphatic carbocycles. The van der Waals surface area contributed by atoms with Crippen LogP contribution in [0.4, 0.5) is 5.69 Å². The molecule has 4 heterocycles. The number of para-hydroxylation sites is 1. The molecular formula is C32H39N5O. The Labute approximate surface area is 226 Å². The maximum atomic E-state index is 5.56. The number of piperazine rings is 1. The lowest BCUT2D eigenvalue weighted by molar-refractivity contribution is 0.0383. The van der Waals surface area contributed by atoms with E-state index in [1.807, 2.05) is 6.20 Å². The Bertz CT molecular complexity index is 1330. The first-order chi connectivity index (χ1) is 18.7. The van der Waals surface area contributed by atoms with Crippen LogP contribution in [0.3, 0.4) is 0 Å². The summed E-state index contributed by atoms with van der Waals surface area (Å²) in [7, 11) is 0. The summed E-state index contributed by atoms with van der Waals surface area (Å²) in [6.07, 6.45) is 2.95. The van der Waals surface area contributed by atoms with Crippen LogP contribution in [0.25, 0.3) is 27.8 Å². The first-order valence-electron chi connectivity index (χ1n) is 14.1. The van der Waals surface area contributed by atoms with E-state index in [4.69, 9.17) is 9.72 Å². The predicted octanol–water partition coefficient (Wildman–Crippen LogP) is 5.10. The van der Waals surface area contributed by atoms with Gasteiger partial charge in [-0.1, -0.05) is 30.3 Å². The molecule has 38 heavy (non-hydrogen) atoms. The number of hydrogen-bond donors (Lipinski definition) is 0. The summed E-state index contributed by atoms with van der Waals surface area (Å²) >= 11 is 0. The number of hydrogen-bond acceptors (Lipinski definition) is 5. The second-order valence-corrected chi connectivity index (χ2v) is 10.8. The Hall–Kier alpha value is -3.19. The zero-order valence-electron chi connectivity index (χ0n) is 22.7. The van der Waals surface area contributed by atoms with Gasteiger partial charge < -0.3 is 14.2 Å². The van der Waals surface area contributed by atoms with E-state index in [2.05, 4.69) is 99.8 Å². The maximum absolute atomic E-state index is 5.56. The molecule has 0 N–H and O–H groups in total. The summed E-state index contributed by atoms with van der Waals surface area (Å²) in [6.45, 7) is 13.7. The zero-order chi connectivity index (χ0) is 25.9. The lowest BCUT2D eigenvalue weighted by Gasteiger charge is -2.38. The molecule has 2 saturated heterocycles. The van der Waals surface area contributed by atoms with Gasteiger partial charge in [-0.3, -0.25) is 14.8 Å². The van der Waals surface area contributed by atoms with E-state index in [0.29, 0.717) is 6.04 Å². The van der Waals surface area contributed by atoms with Crippen LogP contribution in [-0.4, -0.2) is 84.4 Å². The van der Waals surface area contributed by atoms with E-state index in [9.17, 15) is 0 Å². The molecule has 4 aromatic rings. The minimum absolute atomic E-state index is 0.619. The first-order valence-corrected chi connectivity index (χ1v) is 14.1. The van der Waals surface area contributed by atoms with E-state index in [1.54, 1.807) is 0 Å². The van der Waals surface area contributed by atoms with Crippen LogP contribution in [0, 0.1) is 0 Å². The largest absolute Gasteiger partial charge is 0.379 e. The van der Waals surface area contributed by atoms with Crippen molar-refractivity contribution in [3.63, 3.8) is 0 Å². The molecule has 2 fully saturated rings. The molecule has 0 saturated carbocycles. The molecule has 0 spiro atoms. The highest BCUT2D eigenvalue weighted by molar-refractivity contribution is 5.95. The summed E-state index contributed by atoms with van der Waals surface area (Å²) in [5, 5.41) is 1.21. The number of rotatable bonds is 7. The minimum atomic E-state index is 0.619. The van der Waals surface area contributed by atoms with E-state index in [0.717, 1.165) is 71.1 Å². The van der Waals surface area contributed by atoms with Crippen molar-refractivity contribution in [2.24, 2.45) is 0 Å². The third-order valence-electron chi connectivity index (χ3n) is 8.16. The summed E-state index contributed by atoms with van der Waals surface area (Å²) in [4.78, 5) is 12.5. The monoisotopic (exact) mass is 509 g/mol. The molecule has 2 aromatic carbocycles. The average molecular weight is 510 g/mol. The molecule has 198 valence electrons. The third kappa shape index (κ3) is 5.21. The molecule has 6 nitrogen and oxygen atoms in total. The van der Waals surface area contributed by atoms with Gasteiger partial charge >= 0.3 is 0 Å². The van der Waals surface area contributed by atoms with E-state index >= 15 is 0 Å². The maximum Gasteiger partial charge on any atom is 0.0796 e. The molecule has 2 aliphatic heterocycles. The Morgan fingerprint density at radius 3 is 2.26 bits per heavy atom. The molecule has 6 rings (SSSR count). The zero-order valence-corrected chi connectivity index (χ0v) is 22.7. The fourth-order valence-corrected chi connectivity index (χ4v) is 5.91. The van der Waals surface area contributed by atoms with Crippen molar-refractivity contribution in [1.29, 1.82) is 0 Å². The SMILES string of the molecule is CC(C)N1CCN(c2ccc(-c3nccc4c3cc(CCN3CCOCC3)n4-c3ccccc3)cc2)CC1. The molecular weight excluding hydrogens is 470 g/mol. The number of aromatic nitrogens is 2. The van der Waals surface area contributed by atoms with Crippen LogP contribution < -0.4 is 4.90 Å². The van der Waals surface area contributed by atoms with Crippen LogP contribution in [0.1, 0.15) is 19.5 Å². The number of anilines is 1. The number of ether oxygens (including phenoxy) is 1. The van der Waals surface area contributed by atoms with Crippen molar-refractivity contribution < 1.29 is 4.74 Å². The van der Waals surface area contributed by atoms with Gasteiger partial charge in [0.1, 0.15) is 0 Å². The van der Waals surface area contributed by atoms with Crippen molar-refractivity contribution in [2.45, 2.75) is 26.3 Å². The van der Waals surface area contributed by atoms with Gasteiger partial charge in [-0.25, -0.2) is 0 Å². The standard InChI is InChI=1S/C32H39N5O/c1-25(2)35-16-18-36(19-17-35)27-10-8-26(9-11-27)32-30-24-29(13-15-34-20-22-38-23-21-34)37(31(30)12-14-33-32)28-6-4-3-5-7-28/h3-12,14,24-25H,13,15-23H2,1-2H3. The predicted molar refractivity (Wildman–Crippen MR) is 156 cm³/mol. The third-order valence-corrected chi connectivity index (χ3v) is 8.16. The Kier molecular flexibility index (Phi) is 7.45. The molecule has 2 aliphatic rings. The van der Waals surface area contributed by atoms with Crippen LogP contribution in [0.2, 0.25) is 0 Å². The topological polar surface area (TPSA) is 36.8 Å². The van der Waals surface area contributed by atoms with Crippen molar-refractivity contribution in [3.8, 4) is 16.9 Å². The van der Waals surface area contributed by atoms with Crippen molar-refractivity contribution in [1.82, 2.24) is 19.4 Å². The lowest BCUT2D eigenvalue weighted by Crippen LogP contribution is -2.48. The van der Waals surface area contributed by atoms with Gasteiger partial charge in [-0.15, -0.1) is 0 Å². The number of pyridine rings is 1. The van der Waals surface area contributed by atoms with Gasteiger partial charge in [-0.05, 0) is 50.2 Å². The number of morpholine rings is 1. The highest BCUT2D eigenvalue weighted by Crippen LogP contribution is 2.33. The summed E-state index contributed by atoms with van der Waals surface area (Å²) < 4.78 is 7.98. The first kappa shape index (κ1) is 25.1. The van der Waals surface area contributed by atoms with Gasteiger partial charge in [0, 0.05) is 92.5 Å². The van der Waals surface area contributed by atoms with Gasteiger partial charge in [0.15, 0.2) is 0 Å². The molecule has 0 unspecified atom stereocenters. The fraction of sp³-hybridized carbons (Fsp3) is 0.406. The quantitative estimate of drug-likeness (QED) is 0.347. The van der Waals surface area contributed by atoms with Crippen LogP contribution in [0.5, 0.6) is 0 Å². The highest BCUT2D eigenvalue weighted by atomic mass is 16.5. The number of fused-ring (bicyclic) bond motifs is 1. The Balaban J connectivity index is 1.30. The second-order valence-electron chi connectivity index (χ2n) is 10.8. The normalized spacial score (nSPS) is 17.5. The second kappa shape index (κ2) is 11.3. The molecule has 6 heteroatoms. The number of nitrogens with zero attached hydrogens (tertiary/aromatic N) is 5. The van der Waals surface area contributed by atoms with Gasteiger partial charge in [0.25, 0.3) is 0 Å². The molecule has 0 bridgehead atoms. The number of benzene rings is 2. The van der Waals surface area contributed by atoms with E-state index < -0.39 is 0 Å².